The SMILES string of the molecule is COC(=O)c1ccc(=O)n(CC(=O)NC(C)c2ccco2)c1. The Morgan fingerprint density at radius 1 is 1.36 bits per heavy atom. The number of furan rings is 1. The quantitative estimate of drug-likeness (QED) is 0.835. The molecule has 1 N–H and O–H groups in total. The summed E-state index contributed by atoms with van der Waals surface area (Å²) >= 11 is 0. The van der Waals surface area contributed by atoms with Gasteiger partial charge in [0.05, 0.1) is 25.0 Å². The average Bonchev–Trinajstić information content (AvgIpc) is 3.03. The van der Waals surface area contributed by atoms with Crippen molar-refractivity contribution in [3.8, 4) is 0 Å². The Kier molecular flexibility index (Phi) is 4.77. The Labute approximate surface area is 126 Å². The van der Waals surface area contributed by atoms with Crippen molar-refractivity contribution in [3.63, 3.8) is 0 Å². The van der Waals surface area contributed by atoms with E-state index in [9.17, 15) is 14.4 Å². The Morgan fingerprint density at radius 3 is 2.77 bits per heavy atom. The van der Waals surface area contributed by atoms with E-state index < -0.39 is 5.97 Å². The standard InChI is InChI=1S/C15H16N2O5/c1-10(12-4-3-7-22-12)16-13(18)9-17-8-11(15(20)21-2)5-6-14(17)19/h3-8,10H,9H2,1-2H3,(H,16,18). The van der Waals surface area contributed by atoms with Crippen LogP contribution in [-0.4, -0.2) is 23.6 Å². The van der Waals surface area contributed by atoms with Crippen LogP contribution in [0.2, 0.25) is 0 Å². The molecule has 0 fully saturated rings. The lowest BCUT2D eigenvalue weighted by molar-refractivity contribution is -0.122. The van der Waals surface area contributed by atoms with E-state index in [1.54, 1.807) is 19.1 Å². The Hall–Kier alpha value is -2.83. The van der Waals surface area contributed by atoms with Gasteiger partial charge >= 0.3 is 5.97 Å². The fraction of sp³-hybridized carbons (Fsp3) is 0.267. The number of aromatic nitrogens is 1. The summed E-state index contributed by atoms with van der Waals surface area (Å²) < 4.78 is 10.9. The first-order valence-corrected chi connectivity index (χ1v) is 6.63. The minimum atomic E-state index is -0.571. The topological polar surface area (TPSA) is 90.5 Å². The van der Waals surface area contributed by atoms with Gasteiger partial charge in [0.25, 0.3) is 5.56 Å². The van der Waals surface area contributed by atoms with E-state index in [0.717, 1.165) is 4.57 Å². The lowest BCUT2D eigenvalue weighted by Crippen LogP contribution is -2.33. The highest BCUT2D eigenvalue weighted by molar-refractivity contribution is 5.89. The van der Waals surface area contributed by atoms with E-state index in [-0.39, 0.29) is 29.6 Å². The number of hydrogen-bond donors (Lipinski definition) is 1. The van der Waals surface area contributed by atoms with Gasteiger partial charge in [-0.15, -0.1) is 0 Å². The normalized spacial score (nSPS) is 11.7. The molecule has 0 saturated carbocycles. The van der Waals surface area contributed by atoms with Crippen LogP contribution in [0.4, 0.5) is 0 Å². The zero-order valence-corrected chi connectivity index (χ0v) is 12.2. The minimum absolute atomic E-state index is 0.200. The Bertz CT molecular complexity index is 718. The number of amides is 1. The molecule has 1 unspecified atom stereocenters. The minimum Gasteiger partial charge on any atom is -0.467 e. The third-order valence-corrected chi connectivity index (χ3v) is 3.07. The predicted octanol–water partition coefficient (Wildman–Crippen LogP) is 1.11. The molecule has 2 heterocycles. The zero-order chi connectivity index (χ0) is 16.1. The van der Waals surface area contributed by atoms with Crippen LogP contribution in [0.3, 0.4) is 0 Å². The van der Waals surface area contributed by atoms with Crippen LogP contribution in [0.1, 0.15) is 29.1 Å². The van der Waals surface area contributed by atoms with Crippen molar-refractivity contribution in [1.82, 2.24) is 9.88 Å². The molecule has 0 aliphatic carbocycles. The number of nitrogens with one attached hydrogen (secondary N) is 1. The number of nitrogens with zero attached hydrogens (tertiary/aromatic N) is 1. The van der Waals surface area contributed by atoms with Crippen molar-refractivity contribution in [3.05, 3.63) is 58.4 Å². The third-order valence-electron chi connectivity index (χ3n) is 3.07. The highest BCUT2D eigenvalue weighted by atomic mass is 16.5. The van der Waals surface area contributed by atoms with Gasteiger partial charge in [-0.25, -0.2) is 4.79 Å². The second-order valence-electron chi connectivity index (χ2n) is 4.68. The summed E-state index contributed by atoms with van der Waals surface area (Å²) in [6.45, 7) is 1.57. The van der Waals surface area contributed by atoms with Gasteiger partial charge in [0.1, 0.15) is 12.3 Å². The molecule has 7 heteroatoms. The first-order chi connectivity index (χ1) is 10.5. The molecular formula is C15H16N2O5. The maximum atomic E-state index is 12.0. The second-order valence-corrected chi connectivity index (χ2v) is 4.68. The van der Waals surface area contributed by atoms with Crippen LogP contribution in [0.25, 0.3) is 0 Å². The second kappa shape index (κ2) is 6.75. The smallest absolute Gasteiger partial charge is 0.339 e. The Balaban J connectivity index is 2.08. The molecule has 7 nitrogen and oxygen atoms in total. The van der Waals surface area contributed by atoms with Gasteiger partial charge < -0.3 is 19.0 Å². The molecular weight excluding hydrogens is 288 g/mol. The molecule has 0 aliphatic rings. The average molecular weight is 304 g/mol. The van der Waals surface area contributed by atoms with Gasteiger partial charge in [0.15, 0.2) is 0 Å². The van der Waals surface area contributed by atoms with Crippen LogP contribution >= 0.6 is 0 Å². The van der Waals surface area contributed by atoms with Crippen LogP contribution < -0.4 is 10.9 Å². The molecule has 2 aromatic heterocycles. The summed E-state index contributed by atoms with van der Waals surface area (Å²) in [6.07, 6.45) is 2.81. The van der Waals surface area contributed by atoms with Crippen LogP contribution in [0.15, 0.2) is 45.9 Å². The van der Waals surface area contributed by atoms with Gasteiger partial charge in [-0.2, -0.15) is 0 Å². The van der Waals surface area contributed by atoms with E-state index >= 15 is 0 Å². The van der Waals surface area contributed by atoms with Gasteiger partial charge in [-0.05, 0) is 25.1 Å². The first-order valence-electron chi connectivity index (χ1n) is 6.63. The van der Waals surface area contributed by atoms with Crippen molar-refractivity contribution in [2.75, 3.05) is 7.11 Å². The molecule has 2 aromatic rings. The molecule has 0 spiro atoms. The molecule has 2 rings (SSSR count). The number of hydrogen-bond acceptors (Lipinski definition) is 5. The van der Waals surface area contributed by atoms with Crippen LogP contribution in [0, 0.1) is 0 Å². The number of carbonyl (C=O) groups is 2. The third kappa shape index (κ3) is 3.63. The molecule has 0 aromatic carbocycles. The molecule has 0 radical (unpaired) electrons. The highest BCUT2D eigenvalue weighted by Gasteiger charge is 2.14. The van der Waals surface area contributed by atoms with Gasteiger partial charge in [0.2, 0.25) is 5.91 Å². The summed E-state index contributed by atoms with van der Waals surface area (Å²) in [6, 6.07) is 5.72. The largest absolute Gasteiger partial charge is 0.467 e. The van der Waals surface area contributed by atoms with E-state index in [2.05, 4.69) is 10.1 Å². The zero-order valence-electron chi connectivity index (χ0n) is 12.2. The lowest BCUT2D eigenvalue weighted by Gasteiger charge is -2.12. The number of ether oxygens (including phenoxy) is 1. The molecule has 1 atom stereocenters. The van der Waals surface area contributed by atoms with Crippen molar-refractivity contribution < 1.29 is 18.7 Å². The van der Waals surface area contributed by atoms with Crippen molar-refractivity contribution >= 4 is 11.9 Å². The monoisotopic (exact) mass is 304 g/mol. The molecule has 116 valence electrons. The van der Waals surface area contributed by atoms with E-state index in [4.69, 9.17) is 4.42 Å². The number of carbonyl (C=O) groups excluding carboxylic acids is 2. The summed E-state index contributed by atoms with van der Waals surface area (Å²) in [5, 5.41) is 2.71. The van der Waals surface area contributed by atoms with Crippen molar-refractivity contribution in [2.45, 2.75) is 19.5 Å². The molecule has 0 saturated heterocycles. The maximum Gasteiger partial charge on any atom is 0.339 e. The fourth-order valence-corrected chi connectivity index (χ4v) is 1.94. The molecule has 1 amide bonds. The fourth-order valence-electron chi connectivity index (χ4n) is 1.94. The van der Waals surface area contributed by atoms with E-state index in [1.807, 2.05) is 0 Å². The van der Waals surface area contributed by atoms with Gasteiger partial charge in [-0.3, -0.25) is 9.59 Å². The summed E-state index contributed by atoms with van der Waals surface area (Å²) in [5.41, 5.74) is -0.178. The lowest BCUT2D eigenvalue weighted by atomic mass is 10.2. The number of methoxy groups -OCH3 is 1. The van der Waals surface area contributed by atoms with Crippen LogP contribution in [0.5, 0.6) is 0 Å². The summed E-state index contributed by atoms with van der Waals surface area (Å²) in [7, 11) is 1.25. The molecule has 22 heavy (non-hydrogen) atoms. The number of esters is 1. The van der Waals surface area contributed by atoms with Gasteiger partial charge in [0, 0.05) is 12.3 Å². The highest BCUT2D eigenvalue weighted by Crippen LogP contribution is 2.11. The number of pyridine rings is 1. The van der Waals surface area contributed by atoms with Crippen molar-refractivity contribution in [1.29, 1.82) is 0 Å². The number of rotatable bonds is 5. The maximum absolute atomic E-state index is 12.0. The molecule has 0 bridgehead atoms. The van der Waals surface area contributed by atoms with Crippen LogP contribution in [-0.2, 0) is 16.1 Å². The van der Waals surface area contributed by atoms with Gasteiger partial charge in [-0.1, -0.05) is 0 Å². The summed E-state index contributed by atoms with van der Waals surface area (Å²) in [5.74, 6) is -0.324. The first kappa shape index (κ1) is 15.6. The predicted molar refractivity (Wildman–Crippen MR) is 77.3 cm³/mol. The van der Waals surface area contributed by atoms with Crippen molar-refractivity contribution in [2.24, 2.45) is 0 Å². The summed E-state index contributed by atoms with van der Waals surface area (Å²) in [4.78, 5) is 35.2. The van der Waals surface area contributed by atoms with E-state index in [1.165, 1.54) is 31.7 Å². The Morgan fingerprint density at radius 2 is 2.14 bits per heavy atom. The molecule has 0 aliphatic heterocycles. The van der Waals surface area contributed by atoms with E-state index in [0.29, 0.717) is 5.76 Å².